The van der Waals surface area contributed by atoms with Gasteiger partial charge in [0.25, 0.3) is 0 Å². The maximum Gasteiger partial charge on any atom is 0.0571 e. The second-order valence-corrected chi connectivity index (χ2v) is 4.86. The van der Waals surface area contributed by atoms with Crippen LogP contribution in [-0.4, -0.2) is 66.4 Å². The minimum Gasteiger partial charge on any atom is -0.304 e. The molecule has 14 heavy (non-hydrogen) atoms. The van der Waals surface area contributed by atoms with E-state index < -0.39 is 0 Å². The van der Waals surface area contributed by atoms with Crippen molar-refractivity contribution in [2.45, 2.75) is 5.54 Å². The smallest absolute Gasteiger partial charge is 0.0571 e. The molecular formula is C10H18N4. The molecule has 0 aromatic rings. The molecule has 4 bridgehead atoms. The molecule has 4 heteroatoms. The summed E-state index contributed by atoms with van der Waals surface area (Å²) >= 11 is 0. The van der Waals surface area contributed by atoms with Gasteiger partial charge in [-0.15, -0.1) is 6.58 Å². The van der Waals surface area contributed by atoms with E-state index >= 15 is 0 Å². The van der Waals surface area contributed by atoms with Gasteiger partial charge in [0.05, 0.1) is 25.5 Å². The lowest BCUT2D eigenvalue weighted by molar-refractivity contribution is -0.149. The molecule has 4 heterocycles. The minimum absolute atomic E-state index is 0.308. The van der Waals surface area contributed by atoms with Crippen LogP contribution < -0.4 is 5.32 Å². The van der Waals surface area contributed by atoms with Crippen molar-refractivity contribution in [1.82, 2.24) is 20.0 Å². The Morgan fingerprint density at radius 2 is 1.57 bits per heavy atom. The first-order valence-corrected chi connectivity index (χ1v) is 5.33. The number of hydrogen-bond acceptors (Lipinski definition) is 4. The van der Waals surface area contributed by atoms with Gasteiger partial charge in [-0.3, -0.25) is 14.7 Å². The van der Waals surface area contributed by atoms with Crippen molar-refractivity contribution in [3.05, 3.63) is 12.7 Å². The largest absolute Gasteiger partial charge is 0.304 e. The summed E-state index contributed by atoms with van der Waals surface area (Å²) in [6.45, 7) is 11.8. The molecule has 4 fully saturated rings. The Balaban J connectivity index is 1.77. The van der Waals surface area contributed by atoms with E-state index in [1.165, 1.54) is 19.6 Å². The third-order valence-electron chi connectivity index (χ3n) is 3.40. The van der Waals surface area contributed by atoms with E-state index in [0.29, 0.717) is 5.54 Å². The van der Waals surface area contributed by atoms with E-state index in [1.54, 1.807) is 0 Å². The normalized spacial score (nSPS) is 49.6. The molecule has 4 aliphatic heterocycles. The van der Waals surface area contributed by atoms with Gasteiger partial charge in [0.2, 0.25) is 0 Å². The van der Waals surface area contributed by atoms with E-state index in [1.807, 2.05) is 6.08 Å². The first-order chi connectivity index (χ1) is 6.80. The maximum atomic E-state index is 3.77. The molecule has 0 spiro atoms. The topological polar surface area (TPSA) is 21.8 Å². The lowest BCUT2D eigenvalue weighted by atomic mass is 9.91. The molecule has 4 rings (SSSR count). The first kappa shape index (κ1) is 8.85. The van der Waals surface area contributed by atoms with Gasteiger partial charge in [-0.25, -0.2) is 0 Å². The number of nitrogens with one attached hydrogen (secondary N) is 1. The Morgan fingerprint density at radius 3 is 2.00 bits per heavy atom. The predicted molar refractivity (Wildman–Crippen MR) is 55.6 cm³/mol. The van der Waals surface area contributed by atoms with E-state index in [9.17, 15) is 0 Å². The van der Waals surface area contributed by atoms with Gasteiger partial charge in [0.1, 0.15) is 0 Å². The summed E-state index contributed by atoms with van der Waals surface area (Å²) in [6.07, 6.45) is 1.96. The monoisotopic (exact) mass is 194 g/mol. The molecule has 0 amide bonds. The summed E-state index contributed by atoms with van der Waals surface area (Å²) in [5, 5.41) is 3.63. The lowest BCUT2D eigenvalue weighted by Crippen LogP contribution is -2.79. The Labute approximate surface area is 85.1 Å². The first-order valence-electron chi connectivity index (χ1n) is 5.33. The van der Waals surface area contributed by atoms with Crippen molar-refractivity contribution in [3.8, 4) is 0 Å². The molecule has 0 aromatic carbocycles. The highest BCUT2D eigenvalue weighted by Crippen LogP contribution is 2.28. The van der Waals surface area contributed by atoms with Crippen molar-refractivity contribution in [2.75, 3.05) is 46.2 Å². The average molecular weight is 194 g/mol. The highest BCUT2D eigenvalue weighted by atomic mass is 15.6. The van der Waals surface area contributed by atoms with Gasteiger partial charge in [-0.2, -0.15) is 0 Å². The molecule has 0 saturated carbocycles. The van der Waals surface area contributed by atoms with Crippen LogP contribution in [0.4, 0.5) is 0 Å². The fourth-order valence-electron chi connectivity index (χ4n) is 3.17. The number of nitrogens with zero attached hydrogens (tertiary/aromatic N) is 3. The zero-order valence-corrected chi connectivity index (χ0v) is 8.58. The van der Waals surface area contributed by atoms with Crippen LogP contribution in [0.25, 0.3) is 0 Å². The van der Waals surface area contributed by atoms with Crippen molar-refractivity contribution >= 4 is 0 Å². The quantitative estimate of drug-likeness (QED) is 0.601. The fourth-order valence-corrected chi connectivity index (χ4v) is 3.17. The molecule has 0 aromatic heterocycles. The van der Waals surface area contributed by atoms with Crippen LogP contribution in [0.5, 0.6) is 0 Å². The molecule has 0 aliphatic carbocycles. The van der Waals surface area contributed by atoms with Crippen LogP contribution in [0.2, 0.25) is 0 Å². The van der Waals surface area contributed by atoms with Crippen LogP contribution in [0.1, 0.15) is 0 Å². The summed E-state index contributed by atoms with van der Waals surface area (Å²) in [5.74, 6) is 0. The van der Waals surface area contributed by atoms with Crippen LogP contribution in [-0.2, 0) is 0 Å². The Hall–Kier alpha value is -0.420. The lowest BCUT2D eigenvalue weighted by Gasteiger charge is -2.60. The van der Waals surface area contributed by atoms with Gasteiger partial charge in [-0.1, -0.05) is 6.08 Å². The Bertz CT molecular complexity index is 215. The van der Waals surface area contributed by atoms with Crippen molar-refractivity contribution in [2.24, 2.45) is 0 Å². The third kappa shape index (κ3) is 1.30. The van der Waals surface area contributed by atoms with Gasteiger partial charge in [0.15, 0.2) is 0 Å². The molecule has 0 unspecified atom stereocenters. The molecule has 78 valence electrons. The van der Waals surface area contributed by atoms with Crippen molar-refractivity contribution in [1.29, 1.82) is 0 Å². The molecule has 4 nitrogen and oxygen atoms in total. The zero-order chi connectivity index (χ0) is 9.60. The van der Waals surface area contributed by atoms with Crippen LogP contribution in [0.15, 0.2) is 12.7 Å². The molecule has 0 atom stereocenters. The minimum atomic E-state index is 0.308. The Morgan fingerprint density at radius 1 is 1.07 bits per heavy atom. The van der Waals surface area contributed by atoms with Gasteiger partial charge in [0, 0.05) is 26.2 Å². The summed E-state index contributed by atoms with van der Waals surface area (Å²) in [5.41, 5.74) is 0.308. The number of hydrogen-bond donors (Lipinski definition) is 1. The summed E-state index contributed by atoms with van der Waals surface area (Å²) in [4.78, 5) is 7.56. The van der Waals surface area contributed by atoms with Gasteiger partial charge in [-0.05, 0) is 0 Å². The summed E-state index contributed by atoms with van der Waals surface area (Å²) < 4.78 is 0. The molecule has 1 N–H and O–H groups in total. The molecule has 4 saturated heterocycles. The van der Waals surface area contributed by atoms with Crippen LogP contribution in [0.3, 0.4) is 0 Å². The zero-order valence-electron chi connectivity index (χ0n) is 8.58. The molecule has 4 aliphatic rings. The SMILES string of the molecule is C=CCNC12CN3CN(CN(C3)C1)C2. The average Bonchev–Trinajstić information content (AvgIpc) is 2.12. The van der Waals surface area contributed by atoms with Crippen molar-refractivity contribution in [3.63, 3.8) is 0 Å². The van der Waals surface area contributed by atoms with Gasteiger partial charge < -0.3 is 5.32 Å². The van der Waals surface area contributed by atoms with E-state index in [2.05, 4.69) is 26.6 Å². The van der Waals surface area contributed by atoms with Crippen molar-refractivity contribution < 1.29 is 0 Å². The predicted octanol–water partition coefficient (Wildman–Crippen LogP) is -0.680. The van der Waals surface area contributed by atoms with Crippen LogP contribution >= 0.6 is 0 Å². The van der Waals surface area contributed by atoms with E-state index in [0.717, 1.165) is 26.6 Å². The fraction of sp³-hybridized carbons (Fsp3) is 0.800. The van der Waals surface area contributed by atoms with Crippen LogP contribution in [0, 0.1) is 0 Å². The maximum absolute atomic E-state index is 3.77. The summed E-state index contributed by atoms with van der Waals surface area (Å²) in [6, 6.07) is 0. The Kier molecular flexibility index (Phi) is 1.92. The summed E-state index contributed by atoms with van der Waals surface area (Å²) in [7, 11) is 0. The second kappa shape index (κ2) is 3.03. The molecule has 0 radical (unpaired) electrons. The standard InChI is InChI=1S/C10H18N4/c1-2-3-11-10-4-12-7-13(5-10)9-14(6-10)8-12/h2,11H,1,3-9H2. The molecular weight excluding hydrogens is 176 g/mol. The third-order valence-corrected chi connectivity index (χ3v) is 3.40. The second-order valence-electron chi connectivity index (χ2n) is 4.86. The number of rotatable bonds is 3. The van der Waals surface area contributed by atoms with E-state index in [-0.39, 0.29) is 0 Å². The highest BCUT2D eigenvalue weighted by molar-refractivity contribution is 5.06. The van der Waals surface area contributed by atoms with E-state index in [4.69, 9.17) is 0 Å². The van der Waals surface area contributed by atoms with Gasteiger partial charge >= 0.3 is 0 Å². The highest BCUT2D eigenvalue weighted by Gasteiger charge is 2.47.